The van der Waals surface area contributed by atoms with Crippen LogP contribution in [0.3, 0.4) is 0 Å². The topological polar surface area (TPSA) is 26.3 Å². The highest BCUT2D eigenvalue weighted by atomic mass is 16.5. The normalized spacial score (nSPS) is 11.2. The van der Waals surface area contributed by atoms with Gasteiger partial charge in [0.2, 0.25) is 0 Å². The Balaban J connectivity index is 3.36. The van der Waals surface area contributed by atoms with E-state index >= 15 is 0 Å². The quantitative estimate of drug-likeness (QED) is 0.722. The zero-order valence-electron chi connectivity index (χ0n) is 11.4. The summed E-state index contributed by atoms with van der Waals surface area (Å²) in [5.74, 6) is 0.808. The van der Waals surface area contributed by atoms with Crippen LogP contribution in [-0.4, -0.2) is 13.4 Å². The second kappa shape index (κ2) is 5.97. The molecule has 0 spiro atoms. The van der Waals surface area contributed by atoms with Gasteiger partial charge >= 0.3 is 0 Å². The van der Waals surface area contributed by atoms with E-state index in [0.717, 1.165) is 23.0 Å². The Kier molecular flexibility index (Phi) is 4.88. The van der Waals surface area contributed by atoms with Gasteiger partial charge in [0.15, 0.2) is 0 Å². The summed E-state index contributed by atoms with van der Waals surface area (Å²) in [7, 11) is 1.68. The van der Waals surface area contributed by atoms with Gasteiger partial charge in [-0.25, -0.2) is 0 Å². The predicted molar refractivity (Wildman–Crippen MR) is 70.7 cm³/mol. The summed E-state index contributed by atoms with van der Waals surface area (Å²) in [6.07, 6.45) is 0.943. The van der Waals surface area contributed by atoms with E-state index in [2.05, 4.69) is 33.8 Å². The Morgan fingerprint density at radius 1 is 1.12 bits per heavy atom. The van der Waals surface area contributed by atoms with Crippen LogP contribution in [0.2, 0.25) is 0 Å². The summed E-state index contributed by atoms with van der Waals surface area (Å²) in [6, 6.07) is 4.13. The molecule has 0 heterocycles. The summed E-state index contributed by atoms with van der Waals surface area (Å²) in [4.78, 5) is 11.1. The number of carbonyl (C=O) groups excluding carboxylic acids is 1. The number of methoxy groups -OCH3 is 1. The first kappa shape index (κ1) is 13.9. The van der Waals surface area contributed by atoms with Crippen molar-refractivity contribution in [1.29, 1.82) is 0 Å². The third kappa shape index (κ3) is 3.16. The molecule has 2 heteroatoms. The van der Waals surface area contributed by atoms with E-state index in [1.54, 1.807) is 7.11 Å². The van der Waals surface area contributed by atoms with E-state index in [1.807, 2.05) is 6.07 Å². The van der Waals surface area contributed by atoms with E-state index in [-0.39, 0.29) is 0 Å². The van der Waals surface area contributed by atoms with Crippen LogP contribution in [0.5, 0.6) is 0 Å². The molecule has 0 fully saturated rings. The molecule has 0 aliphatic carbocycles. The van der Waals surface area contributed by atoms with Gasteiger partial charge in [-0.05, 0) is 34.6 Å². The monoisotopic (exact) mass is 234 g/mol. The molecular weight excluding hydrogens is 212 g/mol. The van der Waals surface area contributed by atoms with E-state index in [0.29, 0.717) is 18.4 Å². The summed E-state index contributed by atoms with van der Waals surface area (Å²) >= 11 is 0. The molecule has 1 aromatic rings. The fourth-order valence-corrected chi connectivity index (χ4v) is 2.12. The highest BCUT2D eigenvalue weighted by molar-refractivity contribution is 5.78. The minimum absolute atomic E-state index is 0.365. The van der Waals surface area contributed by atoms with Crippen LogP contribution in [-0.2, 0) is 11.3 Å². The number of ether oxygens (including phenoxy) is 1. The molecule has 0 N–H and O–H groups in total. The largest absolute Gasteiger partial charge is 0.380 e. The molecule has 17 heavy (non-hydrogen) atoms. The SMILES string of the molecule is COCc1cc(C=O)c(C(C)C)cc1C(C)C. The van der Waals surface area contributed by atoms with Crippen molar-refractivity contribution in [2.45, 2.75) is 46.1 Å². The molecule has 0 atom stereocenters. The molecule has 0 aliphatic heterocycles. The fraction of sp³-hybridized carbons (Fsp3) is 0.533. The predicted octanol–water partition coefficient (Wildman–Crippen LogP) is 3.89. The van der Waals surface area contributed by atoms with Gasteiger partial charge in [0.1, 0.15) is 6.29 Å². The van der Waals surface area contributed by atoms with Gasteiger partial charge in [0.05, 0.1) is 6.61 Å². The summed E-state index contributed by atoms with van der Waals surface area (Å²) in [5.41, 5.74) is 4.31. The maximum atomic E-state index is 11.1. The number of rotatable bonds is 5. The molecule has 0 bridgehead atoms. The second-order valence-electron chi connectivity index (χ2n) is 5.04. The Morgan fingerprint density at radius 2 is 1.71 bits per heavy atom. The first-order chi connectivity index (χ1) is 8.01. The van der Waals surface area contributed by atoms with Gasteiger partial charge in [-0.15, -0.1) is 0 Å². The highest BCUT2D eigenvalue weighted by Crippen LogP contribution is 2.28. The Morgan fingerprint density at radius 3 is 2.12 bits per heavy atom. The maximum Gasteiger partial charge on any atom is 0.150 e. The minimum Gasteiger partial charge on any atom is -0.380 e. The molecule has 2 nitrogen and oxygen atoms in total. The number of benzene rings is 1. The summed E-state index contributed by atoms with van der Waals surface area (Å²) < 4.78 is 5.20. The van der Waals surface area contributed by atoms with E-state index in [9.17, 15) is 4.79 Å². The molecule has 1 aromatic carbocycles. The van der Waals surface area contributed by atoms with Gasteiger partial charge in [-0.3, -0.25) is 4.79 Å². The lowest BCUT2D eigenvalue weighted by Crippen LogP contribution is -2.04. The first-order valence-electron chi connectivity index (χ1n) is 6.12. The van der Waals surface area contributed by atoms with E-state index in [4.69, 9.17) is 4.74 Å². The van der Waals surface area contributed by atoms with Gasteiger partial charge in [-0.2, -0.15) is 0 Å². The smallest absolute Gasteiger partial charge is 0.150 e. The van der Waals surface area contributed by atoms with Crippen molar-refractivity contribution >= 4 is 6.29 Å². The van der Waals surface area contributed by atoms with Crippen molar-refractivity contribution in [3.8, 4) is 0 Å². The number of hydrogen-bond acceptors (Lipinski definition) is 2. The van der Waals surface area contributed by atoms with Crippen molar-refractivity contribution in [3.05, 3.63) is 34.4 Å². The zero-order valence-corrected chi connectivity index (χ0v) is 11.4. The van der Waals surface area contributed by atoms with Crippen molar-refractivity contribution in [3.63, 3.8) is 0 Å². The van der Waals surface area contributed by atoms with Crippen LogP contribution < -0.4 is 0 Å². The average Bonchev–Trinajstić information content (AvgIpc) is 2.28. The Bertz CT molecular complexity index is 392. The standard InChI is InChI=1S/C15H22O2/c1-10(2)14-7-15(11(3)4)13(9-17-5)6-12(14)8-16/h6-8,10-11H,9H2,1-5H3. The molecule has 0 aliphatic rings. The zero-order chi connectivity index (χ0) is 13.0. The number of aldehydes is 1. The molecule has 0 amide bonds. The lowest BCUT2D eigenvalue weighted by Gasteiger charge is -2.18. The molecular formula is C15H22O2. The third-order valence-corrected chi connectivity index (χ3v) is 3.02. The van der Waals surface area contributed by atoms with Gasteiger partial charge in [0.25, 0.3) is 0 Å². The Labute approximate surface area is 104 Å². The lowest BCUT2D eigenvalue weighted by atomic mass is 9.88. The summed E-state index contributed by atoms with van der Waals surface area (Å²) in [6.45, 7) is 9.12. The molecule has 1 rings (SSSR count). The average molecular weight is 234 g/mol. The molecule has 94 valence electrons. The lowest BCUT2D eigenvalue weighted by molar-refractivity contribution is 0.112. The van der Waals surface area contributed by atoms with Crippen LogP contribution in [0, 0.1) is 0 Å². The highest BCUT2D eigenvalue weighted by Gasteiger charge is 2.13. The van der Waals surface area contributed by atoms with Crippen LogP contribution >= 0.6 is 0 Å². The van der Waals surface area contributed by atoms with Crippen molar-refractivity contribution in [2.75, 3.05) is 7.11 Å². The van der Waals surface area contributed by atoms with E-state index in [1.165, 1.54) is 5.56 Å². The van der Waals surface area contributed by atoms with Crippen LogP contribution in [0.1, 0.15) is 66.6 Å². The van der Waals surface area contributed by atoms with Crippen molar-refractivity contribution < 1.29 is 9.53 Å². The Hall–Kier alpha value is -1.15. The minimum atomic E-state index is 0.365. The van der Waals surface area contributed by atoms with Crippen LogP contribution in [0.4, 0.5) is 0 Å². The summed E-state index contributed by atoms with van der Waals surface area (Å²) in [5, 5.41) is 0. The van der Waals surface area contributed by atoms with Gasteiger partial charge in [-0.1, -0.05) is 33.8 Å². The number of carbonyl (C=O) groups is 1. The van der Waals surface area contributed by atoms with Crippen molar-refractivity contribution in [1.82, 2.24) is 0 Å². The molecule has 0 aromatic heterocycles. The molecule has 0 saturated heterocycles. The van der Waals surface area contributed by atoms with Crippen LogP contribution in [0.15, 0.2) is 12.1 Å². The van der Waals surface area contributed by atoms with Crippen LogP contribution in [0.25, 0.3) is 0 Å². The van der Waals surface area contributed by atoms with Crippen molar-refractivity contribution in [2.24, 2.45) is 0 Å². The molecule has 0 radical (unpaired) electrons. The first-order valence-corrected chi connectivity index (χ1v) is 6.12. The molecule has 0 saturated carbocycles. The van der Waals surface area contributed by atoms with E-state index < -0.39 is 0 Å². The second-order valence-corrected chi connectivity index (χ2v) is 5.04. The maximum absolute atomic E-state index is 11.1. The van der Waals surface area contributed by atoms with Gasteiger partial charge < -0.3 is 4.74 Å². The van der Waals surface area contributed by atoms with Gasteiger partial charge in [0, 0.05) is 12.7 Å². The number of hydrogen-bond donors (Lipinski definition) is 0. The third-order valence-electron chi connectivity index (χ3n) is 3.02. The molecule has 0 unspecified atom stereocenters. The fourth-order valence-electron chi connectivity index (χ4n) is 2.12.